The summed E-state index contributed by atoms with van der Waals surface area (Å²) in [5.41, 5.74) is 2.19. The molecule has 1 saturated heterocycles. The first kappa shape index (κ1) is 17.1. The summed E-state index contributed by atoms with van der Waals surface area (Å²) in [5.74, 6) is 0.651. The van der Waals surface area contributed by atoms with Gasteiger partial charge in [0, 0.05) is 38.1 Å². The molecular formula is C18H19ClN4O3. The molecule has 0 aliphatic carbocycles. The van der Waals surface area contributed by atoms with Crippen LogP contribution in [-0.2, 0) is 11.8 Å². The van der Waals surface area contributed by atoms with Crippen LogP contribution in [0, 0.1) is 0 Å². The second kappa shape index (κ2) is 6.41. The van der Waals surface area contributed by atoms with Gasteiger partial charge in [0.15, 0.2) is 23.4 Å². The molecule has 3 heterocycles. The van der Waals surface area contributed by atoms with E-state index < -0.39 is 0 Å². The minimum Gasteiger partial charge on any atom is -0.372 e. The maximum Gasteiger partial charge on any atom is 0.188 e. The molecule has 8 heteroatoms. The summed E-state index contributed by atoms with van der Waals surface area (Å²) in [6.07, 6.45) is 4.41. The van der Waals surface area contributed by atoms with Crippen LogP contribution in [-0.4, -0.2) is 46.3 Å². The molecule has 0 amide bonds. The topological polar surface area (TPSA) is 73.4 Å². The average Bonchev–Trinajstić information content (AvgIpc) is 3.19. The Balaban J connectivity index is 1.89. The van der Waals surface area contributed by atoms with Crippen LogP contribution >= 0.6 is 11.6 Å². The molecule has 0 N–H and O–H groups in total. The molecule has 26 heavy (non-hydrogen) atoms. The van der Waals surface area contributed by atoms with Gasteiger partial charge in [-0.15, -0.1) is 0 Å². The van der Waals surface area contributed by atoms with Crippen molar-refractivity contribution in [2.75, 3.05) is 18.0 Å². The number of halogens is 1. The van der Waals surface area contributed by atoms with Crippen LogP contribution in [0.15, 0.2) is 23.0 Å². The van der Waals surface area contributed by atoms with E-state index in [9.17, 15) is 4.79 Å². The summed E-state index contributed by atoms with van der Waals surface area (Å²) >= 11 is 6.67. The minimum absolute atomic E-state index is 0.0443. The van der Waals surface area contributed by atoms with Crippen LogP contribution in [0.25, 0.3) is 22.5 Å². The summed E-state index contributed by atoms with van der Waals surface area (Å²) in [5, 5.41) is 5.21. The molecule has 7 nitrogen and oxygen atoms in total. The van der Waals surface area contributed by atoms with Crippen molar-refractivity contribution in [3.05, 3.63) is 29.0 Å². The van der Waals surface area contributed by atoms with E-state index in [1.54, 1.807) is 12.3 Å². The number of anilines is 1. The number of aromatic nitrogens is 3. The third kappa shape index (κ3) is 2.68. The molecule has 0 radical (unpaired) electrons. The number of carbonyl (C=O) groups excluding carboxylic acids is 1. The lowest BCUT2D eigenvalue weighted by molar-refractivity contribution is -0.00524. The number of aldehydes is 1. The van der Waals surface area contributed by atoms with Gasteiger partial charge in [-0.2, -0.15) is 0 Å². The predicted octanol–water partition coefficient (Wildman–Crippen LogP) is 3.31. The van der Waals surface area contributed by atoms with Crippen molar-refractivity contribution in [1.82, 2.24) is 14.7 Å². The lowest BCUT2D eigenvalue weighted by Gasteiger charge is -2.37. The van der Waals surface area contributed by atoms with Crippen LogP contribution in [0.3, 0.4) is 0 Å². The number of aryl methyl sites for hydroxylation is 1. The van der Waals surface area contributed by atoms with Gasteiger partial charge >= 0.3 is 0 Å². The zero-order valence-electron chi connectivity index (χ0n) is 14.8. The molecule has 0 saturated carbocycles. The van der Waals surface area contributed by atoms with Gasteiger partial charge in [-0.25, -0.2) is 4.98 Å². The van der Waals surface area contributed by atoms with Crippen LogP contribution < -0.4 is 4.90 Å². The molecule has 2 atom stereocenters. The van der Waals surface area contributed by atoms with Crippen molar-refractivity contribution in [1.29, 1.82) is 0 Å². The predicted molar refractivity (Wildman–Crippen MR) is 98.8 cm³/mol. The normalized spacial score (nSPS) is 20.7. The summed E-state index contributed by atoms with van der Waals surface area (Å²) in [6.45, 7) is 5.31. The molecule has 1 aromatic carbocycles. The quantitative estimate of drug-likeness (QED) is 0.655. The van der Waals surface area contributed by atoms with E-state index in [2.05, 4.69) is 15.0 Å². The van der Waals surface area contributed by atoms with Crippen molar-refractivity contribution in [3.63, 3.8) is 0 Å². The molecule has 2 aromatic heterocycles. The monoisotopic (exact) mass is 374 g/mol. The van der Waals surface area contributed by atoms with Crippen molar-refractivity contribution in [2.45, 2.75) is 26.1 Å². The maximum absolute atomic E-state index is 11.8. The number of fused-ring (bicyclic) bond motifs is 1. The standard InChI is InChI=1S/C18H19ClN4O3/c1-10-7-23(8-11(2)25-10)16-12(9-24)6-13-15(18-20-4-5-22(18)3)21-26-17(13)14(16)19/h4-6,9-11H,7-8H2,1-3H3. The Morgan fingerprint density at radius 2 is 2.04 bits per heavy atom. The zero-order valence-corrected chi connectivity index (χ0v) is 15.5. The number of benzene rings is 1. The lowest BCUT2D eigenvalue weighted by atomic mass is 10.1. The number of ether oxygens (including phenoxy) is 1. The molecule has 1 aliphatic heterocycles. The highest BCUT2D eigenvalue weighted by Gasteiger charge is 2.29. The SMILES string of the molecule is CC1CN(c2c(C=O)cc3c(-c4nccn4C)noc3c2Cl)CC(C)O1. The number of nitrogens with zero attached hydrogens (tertiary/aromatic N) is 4. The smallest absolute Gasteiger partial charge is 0.188 e. The van der Waals surface area contributed by atoms with Crippen LogP contribution in [0.1, 0.15) is 24.2 Å². The molecule has 3 aromatic rings. The summed E-state index contributed by atoms with van der Waals surface area (Å²) in [7, 11) is 1.87. The van der Waals surface area contributed by atoms with Crippen molar-refractivity contribution >= 4 is 34.5 Å². The number of hydrogen-bond acceptors (Lipinski definition) is 6. The number of morpholine rings is 1. The Hall–Kier alpha value is -2.38. The van der Waals surface area contributed by atoms with Gasteiger partial charge in [0.2, 0.25) is 0 Å². The maximum atomic E-state index is 11.8. The zero-order chi connectivity index (χ0) is 18.4. The summed E-state index contributed by atoms with van der Waals surface area (Å²) < 4.78 is 13.2. The lowest BCUT2D eigenvalue weighted by Crippen LogP contribution is -2.46. The van der Waals surface area contributed by atoms with E-state index in [0.29, 0.717) is 51.9 Å². The molecule has 2 unspecified atom stereocenters. The van der Waals surface area contributed by atoms with Gasteiger partial charge in [-0.1, -0.05) is 16.8 Å². The highest BCUT2D eigenvalue weighted by Crippen LogP contribution is 2.40. The first-order valence-electron chi connectivity index (χ1n) is 8.44. The van der Waals surface area contributed by atoms with Crippen molar-refractivity contribution < 1.29 is 14.1 Å². The molecule has 1 fully saturated rings. The fourth-order valence-corrected chi connectivity index (χ4v) is 3.94. The number of hydrogen-bond donors (Lipinski definition) is 0. The van der Waals surface area contributed by atoms with Crippen LogP contribution in [0.5, 0.6) is 0 Å². The second-order valence-corrected chi connectivity index (χ2v) is 7.06. The minimum atomic E-state index is 0.0443. The molecule has 0 bridgehead atoms. The highest BCUT2D eigenvalue weighted by atomic mass is 35.5. The van der Waals surface area contributed by atoms with E-state index in [1.165, 1.54) is 0 Å². The Morgan fingerprint density at radius 3 is 2.65 bits per heavy atom. The highest BCUT2D eigenvalue weighted by molar-refractivity contribution is 6.38. The fourth-order valence-electron chi connectivity index (χ4n) is 3.57. The van der Waals surface area contributed by atoms with Gasteiger partial charge < -0.3 is 18.7 Å². The largest absolute Gasteiger partial charge is 0.372 e. The van der Waals surface area contributed by atoms with Gasteiger partial charge in [0.1, 0.15) is 5.02 Å². The Bertz CT molecular complexity index is 970. The van der Waals surface area contributed by atoms with Gasteiger partial charge in [0.25, 0.3) is 0 Å². The second-order valence-electron chi connectivity index (χ2n) is 6.68. The van der Waals surface area contributed by atoms with Crippen molar-refractivity contribution in [3.8, 4) is 11.5 Å². The van der Waals surface area contributed by atoms with E-state index in [-0.39, 0.29) is 12.2 Å². The van der Waals surface area contributed by atoms with Gasteiger partial charge in [-0.3, -0.25) is 4.79 Å². The Kier molecular flexibility index (Phi) is 4.20. The van der Waals surface area contributed by atoms with Crippen molar-refractivity contribution in [2.24, 2.45) is 7.05 Å². The first-order chi connectivity index (χ1) is 12.5. The Labute approximate surface area is 155 Å². The average molecular weight is 375 g/mol. The summed E-state index contributed by atoms with van der Waals surface area (Å²) in [6, 6.07) is 1.77. The number of rotatable bonds is 3. The summed E-state index contributed by atoms with van der Waals surface area (Å²) in [4.78, 5) is 18.2. The third-order valence-electron chi connectivity index (χ3n) is 4.60. The van der Waals surface area contributed by atoms with E-state index in [0.717, 1.165) is 6.29 Å². The first-order valence-corrected chi connectivity index (χ1v) is 8.82. The van der Waals surface area contributed by atoms with E-state index >= 15 is 0 Å². The number of carbonyl (C=O) groups is 1. The van der Waals surface area contributed by atoms with Crippen LogP contribution in [0.2, 0.25) is 5.02 Å². The van der Waals surface area contributed by atoms with Gasteiger partial charge in [0.05, 0.1) is 23.3 Å². The van der Waals surface area contributed by atoms with Gasteiger partial charge in [-0.05, 0) is 19.9 Å². The Morgan fingerprint density at radius 1 is 1.31 bits per heavy atom. The fraction of sp³-hybridized carbons (Fsp3) is 0.389. The van der Waals surface area contributed by atoms with E-state index in [4.69, 9.17) is 20.9 Å². The molecule has 1 aliphatic rings. The molecule has 4 rings (SSSR count). The van der Waals surface area contributed by atoms with Crippen LogP contribution in [0.4, 0.5) is 5.69 Å². The molecule has 0 spiro atoms. The number of imidazole rings is 1. The molecular weight excluding hydrogens is 356 g/mol. The molecule has 136 valence electrons. The third-order valence-corrected chi connectivity index (χ3v) is 4.95. The van der Waals surface area contributed by atoms with E-state index in [1.807, 2.05) is 31.7 Å².